The number of aliphatic carboxylic acids is 1. The van der Waals surface area contributed by atoms with Crippen LogP contribution in [0.5, 0.6) is 0 Å². The summed E-state index contributed by atoms with van der Waals surface area (Å²) >= 11 is 0. The Morgan fingerprint density at radius 1 is 1.62 bits per heavy atom. The Morgan fingerprint density at radius 2 is 2.00 bits per heavy atom. The van der Waals surface area contributed by atoms with Crippen molar-refractivity contribution in [2.24, 2.45) is 0 Å². The highest BCUT2D eigenvalue weighted by atomic mass is 31.0. The molecule has 0 radical (unpaired) electrons. The number of carbonyl (C=O) groups is 1. The third kappa shape index (κ3) is 3.82. The summed E-state index contributed by atoms with van der Waals surface area (Å²) in [4.78, 5) is 9.86. The van der Waals surface area contributed by atoms with Gasteiger partial charge in [-0.2, -0.15) is 9.90 Å². The molecule has 0 rings (SSSR count). The van der Waals surface area contributed by atoms with E-state index >= 15 is 0 Å². The van der Waals surface area contributed by atoms with Gasteiger partial charge < -0.3 is 5.11 Å². The molecule has 0 aliphatic rings. The van der Waals surface area contributed by atoms with Gasteiger partial charge in [-0.25, -0.2) is 4.79 Å². The van der Waals surface area contributed by atoms with E-state index in [9.17, 15) is 4.79 Å². The Bertz CT molecular complexity index is 107. The van der Waals surface area contributed by atoms with Gasteiger partial charge in [0.05, 0.1) is 0 Å². The third-order valence-electron chi connectivity index (χ3n) is 0.770. The van der Waals surface area contributed by atoms with E-state index in [2.05, 4.69) is 0 Å². The normalized spacial score (nSPS) is 10.0. The minimum Gasteiger partial charge on any atom is -0.478 e. The average Bonchev–Trinajstić information content (AvgIpc) is 1.65. The molecule has 1 unspecified atom stereocenters. The lowest BCUT2D eigenvalue weighted by atomic mass is 10.3. The van der Waals surface area contributed by atoms with E-state index < -0.39 is 5.97 Å². The van der Waals surface area contributed by atoms with Crippen LogP contribution in [0.2, 0.25) is 0 Å². The molecule has 0 aromatic heterocycles. The van der Waals surface area contributed by atoms with Crippen LogP contribution in [0.3, 0.4) is 0 Å². The molecule has 1 N–H and O–H groups in total. The Hall–Kier alpha value is -0.360. The lowest BCUT2D eigenvalue weighted by Crippen LogP contribution is -1.93. The van der Waals surface area contributed by atoms with Crippen LogP contribution >= 0.6 is 9.90 Å². The predicted molar refractivity (Wildman–Crippen MR) is 38.2 cm³/mol. The fourth-order valence-electron chi connectivity index (χ4n) is 0.123. The molecule has 0 aliphatic carbocycles. The van der Waals surface area contributed by atoms with Gasteiger partial charge in [-0.15, -0.1) is 0 Å². The van der Waals surface area contributed by atoms with Crippen LogP contribution in [-0.4, -0.2) is 11.1 Å². The van der Waals surface area contributed by atoms with Crippen molar-refractivity contribution in [2.45, 2.75) is 13.8 Å². The van der Waals surface area contributed by atoms with Gasteiger partial charge in [0.15, 0.2) is 0 Å². The highest BCUT2D eigenvalue weighted by Crippen LogP contribution is 1.87. The highest BCUT2D eigenvalue weighted by Gasteiger charge is 1.93. The summed E-state index contributed by atoms with van der Waals surface area (Å²) in [5, 5.41) is 8.11. The molecule has 0 aromatic rings. The number of carboxylic acid groups (broad SMARTS) is 1. The SMILES string of the molecule is CC=C(C)C(=O)O.P. The number of rotatable bonds is 1. The van der Waals surface area contributed by atoms with Crippen molar-refractivity contribution in [3.05, 3.63) is 11.6 Å². The summed E-state index contributed by atoms with van der Waals surface area (Å²) < 4.78 is 0. The molecule has 0 amide bonds. The number of hydrogen-bond donors (Lipinski definition) is 1. The maximum Gasteiger partial charge on any atom is 0.330 e. The predicted octanol–water partition coefficient (Wildman–Crippen LogP) is 1.10. The minimum absolute atomic E-state index is 0. The molecule has 0 fully saturated rings. The second-order valence-electron chi connectivity index (χ2n) is 1.28. The van der Waals surface area contributed by atoms with Gasteiger partial charge in [-0.1, -0.05) is 6.08 Å². The van der Waals surface area contributed by atoms with Crippen LogP contribution < -0.4 is 0 Å². The highest BCUT2D eigenvalue weighted by molar-refractivity contribution is 6.92. The zero-order valence-corrected chi connectivity index (χ0v) is 6.55. The average molecular weight is 134 g/mol. The first-order valence-corrected chi connectivity index (χ1v) is 2.04. The number of allylic oxidation sites excluding steroid dienone is 1. The van der Waals surface area contributed by atoms with E-state index in [4.69, 9.17) is 5.11 Å². The smallest absolute Gasteiger partial charge is 0.330 e. The molecule has 1 atom stereocenters. The van der Waals surface area contributed by atoms with Gasteiger partial charge in [0.2, 0.25) is 0 Å². The second-order valence-corrected chi connectivity index (χ2v) is 1.28. The summed E-state index contributed by atoms with van der Waals surface area (Å²) in [7, 11) is 0. The number of carboxylic acids is 1. The first-order valence-electron chi connectivity index (χ1n) is 2.04. The zero-order chi connectivity index (χ0) is 5.86. The number of hydrogen-bond acceptors (Lipinski definition) is 1. The van der Waals surface area contributed by atoms with E-state index in [-0.39, 0.29) is 9.90 Å². The molecular formula is C5H11O2P. The fourth-order valence-corrected chi connectivity index (χ4v) is 0.123. The maximum absolute atomic E-state index is 9.86. The van der Waals surface area contributed by atoms with Crippen molar-refractivity contribution in [1.82, 2.24) is 0 Å². The second kappa shape index (κ2) is 4.79. The topological polar surface area (TPSA) is 37.3 Å². The Morgan fingerprint density at radius 3 is 2.00 bits per heavy atom. The molecule has 0 spiro atoms. The van der Waals surface area contributed by atoms with E-state index in [1.165, 1.54) is 0 Å². The first-order chi connectivity index (χ1) is 3.18. The van der Waals surface area contributed by atoms with Crippen molar-refractivity contribution in [3.8, 4) is 0 Å². The monoisotopic (exact) mass is 134 g/mol. The van der Waals surface area contributed by atoms with Crippen molar-refractivity contribution >= 4 is 15.9 Å². The molecule has 0 saturated heterocycles. The molecule has 0 aromatic carbocycles. The lowest BCUT2D eigenvalue weighted by Gasteiger charge is -1.84. The summed E-state index contributed by atoms with van der Waals surface area (Å²) in [5.74, 6) is -0.845. The van der Waals surface area contributed by atoms with Gasteiger partial charge in [-0.3, -0.25) is 0 Å². The molecule has 8 heavy (non-hydrogen) atoms. The zero-order valence-electron chi connectivity index (χ0n) is 5.14. The largest absolute Gasteiger partial charge is 0.478 e. The van der Waals surface area contributed by atoms with Gasteiger partial charge in [0.1, 0.15) is 0 Å². The van der Waals surface area contributed by atoms with Gasteiger partial charge >= 0.3 is 5.97 Å². The van der Waals surface area contributed by atoms with Crippen LogP contribution in [-0.2, 0) is 4.79 Å². The molecule has 0 bridgehead atoms. The molecule has 48 valence electrons. The van der Waals surface area contributed by atoms with Crippen molar-refractivity contribution in [3.63, 3.8) is 0 Å². The van der Waals surface area contributed by atoms with Crippen molar-refractivity contribution < 1.29 is 9.90 Å². The third-order valence-corrected chi connectivity index (χ3v) is 0.770. The van der Waals surface area contributed by atoms with Crippen LogP contribution in [0.1, 0.15) is 13.8 Å². The Kier molecular flexibility index (Phi) is 6.34. The Labute approximate surface area is 52.2 Å². The lowest BCUT2D eigenvalue weighted by molar-refractivity contribution is -0.132. The summed E-state index contributed by atoms with van der Waals surface area (Å²) in [6.45, 7) is 3.26. The van der Waals surface area contributed by atoms with Gasteiger partial charge in [-0.05, 0) is 13.8 Å². The molecule has 0 heterocycles. The van der Waals surface area contributed by atoms with Crippen LogP contribution in [0.25, 0.3) is 0 Å². The first kappa shape index (κ1) is 10.6. The molecule has 2 nitrogen and oxygen atoms in total. The molecule has 0 aliphatic heterocycles. The Balaban J connectivity index is 0. The van der Waals surface area contributed by atoms with Crippen LogP contribution in [0.15, 0.2) is 11.6 Å². The summed E-state index contributed by atoms with van der Waals surface area (Å²) in [5.41, 5.74) is 0.389. The van der Waals surface area contributed by atoms with E-state index in [1.54, 1.807) is 19.9 Å². The molecule has 3 heteroatoms. The van der Waals surface area contributed by atoms with E-state index in [0.717, 1.165) is 0 Å². The van der Waals surface area contributed by atoms with E-state index in [1.807, 2.05) is 0 Å². The summed E-state index contributed by atoms with van der Waals surface area (Å²) in [6, 6.07) is 0. The van der Waals surface area contributed by atoms with Crippen molar-refractivity contribution in [2.75, 3.05) is 0 Å². The fraction of sp³-hybridized carbons (Fsp3) is 0.400. The van der Waals surface area contributed by atoms with Crippen LogP contribution in [0, 0.1) is 0 Å². The standard InChI is InChI=1S/C5H8O2.H3P/c1-3-4(2)5(6)7;/h3H,1-2H3,(H,6,7);1H3. The quantitative estimate of drug-likeness (QED) is 0.430. The maximum atomic E-state index is 9.86. The summed E-state index contributed by atoms with van der Waals surface area (Å²) in [6.07, 6.45) is 1.56. The van der Waals surface area contributed by atoms with Gasteiger partial charge in [0.25, 0.3) is 0 Å². The minimum atomic E-state index is -0.845. The molecular weight excluding hydrogens is 123 g/mol. The van der Waals surface area contributed by atoms with Gasteiger partial charge in [0, 0.05) is 5.57 Å². The van der Waals surface area contributed by atoms with Crippen molar-refractivity contribution in [1.29, 1.82) is 0 Å². The van der Waals surface area contributed by atoms with E-state index in [0.29, 0.717) is 5.57 Å². The molecule has 0 saturated carbocycles. The van der Waals surface area contributed by atoms with Crippen LogP contribution in [0.4, 0.5) is 0 Å².